The van der Waals surface area contributed by atoms with Crippen molar-refractivity contribution in [1.29, 1.82) is 0 Å². The van der Waals surface area contributed by atoms with E-state index in [1.165, 1.54) is 6.08 Å². The number of nitrogens with one attached hydrogen (secondary N) is 1. The second-order valence-corrected chi connectivity index (χ2v) is 6.74. The molecule has 1 aromatic heterocycles. The molecule has 0 fully saturated rings. The number of carbonyl (C=O) groups excluding carboxylic acids is 2. The summed E-state index contributed by atoms with van der Waals surface area (Å²) in [5.41, 5.74) is 1.30. The van der Waals surface area contributed by atoms with Crippen LogP contribution in [0.1, 0.15) is 16.1 Å². The topological polar surface area (TPSA) is 84.1 Å². The highest BCUT2D eigenvalue weighted by atomic mass is 32.2. The fraction of sp³-hybridized carbons (Fsp3) is 0.0667. The lowest BCUT2D eigenvalue weighted by atomic mass is 9.94. The minimum atomic E-state index is -3.57. The van der Waals surface area contributed by atoms with E-state index in [1.807, 2.05) is 0 Å². The van der Waals surface area contributed by atoms with E-state index in [0.717, 1.165) is 12.3 Å². The third kappa shape index (κ3) is 2.13. The molecule has 1 aromatic carbocycles. The van der Waals surface area contributed by atoms with Crippen LogP contribution < -0.4 is 0 Å². The first-order valence-corrected chi connectivity index (χ1v) is 8.07. The van der Waals surface area contributed by atoms with Gasteiger partial charge in [-0.05, 0) is 17.7 Å². The quantitative estimate of drug-likeness (QED) is 0.858. The molecule has 106 valence electrons. The number of aromatic amines is 1. The van der Waals surface area contributed by atoms with Gasteiger partial charge in [-0.1, -0.05) is 30.3 Å². The van der Waals surface area contributed by atoms with Gasteiger partial charge in [0.1, 0.15) is 5.03 Å². The first-order chi connectivity index (χ1) is 9.89. The minimum Gasteiger partial charge on any atom is -0.345 e. The summed E-state index contributed by atoms with van der Waals surface area (Å²) >= 11 is 0. The summed E-state index contributed by atoms with van der Waals surface area (Å²) in [6.07, 6.45) is 3.63. The molecule has 6 heteroatoms. The van der Waals surface area contributed by atoms with Gasteiger partial charge >= 0.3 is 0 Å². The van der Waals surface area contributed by atoms with E-state index in [0.29, 0.717) is 11.3 Å². The molecule has 0 atom stereocenters. The Balaban J connectivity index is 2.42. The van der Waals surface area contributed by atoms with Crippen LogP contribution in [0, 0.1) is 0 Å². The molecule has 5 nitrogen and oxygen atoms in total. The third-order valence-electron chi connectivity index (χ3n) is 3.28. The first kappa shape index (κ1) is 13.5. The van der Waals surface area contributed by atoms with Crippen molar-refractivity contribution in [2.24, 2.45) is 0 Å². The maximum absolute atomic E-state index is 12.1. The standard InChI is InChI=1S/C15H11NO4S/c1-21(19,20)15-12(9-5-3-2-4-6-9)13-10(16-15)7-8-11(17)14(13)18/h2-8,16H,1H3. The summed E-state index contributed by atoms with van der Waals surface area (Å²) in [5.74, 6) is -1.35. The van der Waals surface area contributed by atoms with Crippen molar-refractivity contribution >= 4 is 27.5 Å². The number of allylic oxidation sites excluding steroid dienone is 1. The smallest absolute Gasteiger partial charge is 0.235 e. The summed E-state index contributed by atoms with van der Waals surface area (Å²) in [7, 11) is -3.57. The van der Waals surface area contributed by atoms with E-state index in [-0.39, 0.29) is 16.2 Å². The molecular formula is C15H11NO4S. The second kappa shape index (κ2) is 4.53. The third-order valence-corrected chi connectivity index (χ3v) is 4.33. The lowest BCUT2D eigenvalue weighted by Gasteiger charge is -2.07. The molecule has 21 heavy (non-hydrogen) atoms. The van der Waals surface area contributed by atoms with E-state index in [4.69, 9.17) is 0 Å². The average Bonchev–Trinajstić information content (AvgIpc) is 2.84. The van der Waals surface area contributed by atoms with E-state index < -0.39 is 21.4 Å². The van der Waals surface area contributed by atoms with Gasteiger partial charge in [-0.3, -0.25) is 9.59 Å². The van der Waals surface area contributed by atoms with Gasteiger partial charge in [0.2, 0.25) is 11.6 Å². The molecule has 3 rings (SSSR count). The van der Waals surface area contributed by atoms with Gasteiger partial charge in [-0.25, -0.2) is 8.42 Å². The Morgan fingerprint density at radius 1 is 0.952 bits per heavy atom. The Kier molecular flexibility index (Phi) is 2.91. The van der Waals surface area contributed by atoms with Crippen molar-refractivity contribution in [3.8, 4) is 11.1 Å². The van der Waals surface area contributed by atoms with Crippen LogP contribution in [0.4, 0.5) is 0 Å². The predicted molar refractivity (Wildman–Crippen MR) is 77.7 cm³/mol. The summed E-state index contributed by atoms with van der Waals surface area (Å²) < 4.78 is 24.0. The average molecular weight is 301 g/mol. The van der Waals surface area contributed by atoms with Gasteiger partial charge < -0.3 is 4.98 Å². The van der Waals surface area contributed by atoms with Crippen molar-refractivity contribution in [3.05, 3.63) is 47.7 Å². The van der Waals surface area contributed by atoms with Crippen LogP contribution in [-0.2, 0) is 14.6 Å². The zero-order valence-electron chi connectivity index (χ0n) is 11.1. The number of aromatic nitrogens is 1. The van der Waals surface area contributed by atoms with E-state index in [2.05, 4.69) is 4.98 Å². The molecule has 0 aliphatic heterocycles. The van der Waals surface area contributed by atoms with Crippen LogP contribution >= 0.6 is 0 Å². The Bertz CT molecular complexity index is 889. The van der Waals surface area contributed by atoms with Gasteiger partial charge in [-0.2, -0.15) is 0 Å². The Hall–Kier alpha value is -2.47. The van der Waals surface area contributed by atoms with Crippen molar-refractivity contribution in [2.45, 2.75) is 5.03 Å². The molecule has 1 N–H and O–H groups in total. The highest BCUT2D eigenvalue weighted by Crippen LogP contribution is 2.35. The molecule has 0 radical (unpaired) electrons. The lowest BCUT2D eigenvalue weighted by Crippen LogP contribution is -2.16. The molecule has 1 aliphatic carbocycles. The number of sulfone groups is 1. The number of H-pyrrole nitrogens is 1. The maximum atomic E-state index is 12.1. The Morgan fingerprint density at radius 3 is 2.24 bits per heavy atom. The molecule has 2 aromatic rings. The van der Waals surface area contributed by atoms with Gasteiger partial charge in [-0.15, -0.1) is 0 Å². The number of rotatable bonds is 2. The number of benzene rings is 1. The molecule has 0 spiro atoms. The lowest BCUT2D eigenvalue weighted by molar-refractivity contribution is -0.110. The maximum Gasteiger partial charge on any atom is 0.235 e. The molecule has 0 amide bonds. The predicted octanol–water partition coefficient (Wildman–Crippen LogP) is 1.86. The van der Waals surface area contributed by atoms with Crippen LogP contribution in [0.15, 0.2) is 41.4 Å². The molecule has 0 saturated heterocycles. The largest absolute Gasteiger partial charge is 0.345 e. The summed E-state index contributed by atoms with van der Waals surface area (Å²) in [6, 6.07) is 8.68. The number of Topliss-reactive ketones (excluding diaryl/α,β-unsaturated/α-hetero) is 1. The van der Waals surface area contributed by atoms with Crippen LogP contribution in [0.2, 0.25) is 0 Å². The molecule has 0 saturated carbocycles. The summed E-state index contributed by atoms with van der Waals surface area (Å²) in [6.45, 7) is 0. The van der Waals surface area contributed by atoms with Crippen molar-refractivity contribution < 1.29 is 18.0 Å². The van der Waals surface area contributed by atoms with E-state index >= 15 is 0 Å². The van der Waals surface area contributed by atoms with Gasteiger partial charge in [0.05, 0.1) is 11.3 Å². The normalized spacial score (nSPS) is 14.3. The van der Waals surface area contributed by atoms with Crippen molar-refractivity contribution in [1.82, 2.24) is 4.98 Å². The van der Waals surface area contributed by atoms with Crippen LogP contribution in [0.3, 0.4) is 0 Å². The fourth-order valence-electron chi connectivity index (χ4n) is 2.37. The minimum absolute atomic E-state index is 0.0496. The van der Waals surface area contributed by atoms with Gasteiger partial charge in [0.25, 0.3) is 0 Å². The number of carbonyl (C=O) groups is 2. The zero-order chi connectivity index (χ0) is 15.2. The summed E-state index contributed by atoms with van der Waals surface area (Å²) in [4.78, 5) is 26.5. The molecule has 1 aliphatic rings. The van der Waals surface area contributed by atoms with Crippen LogP contribution in [-0.4, -0.2) is 31.2 Å². The van der Waals surface area contributed by atoms with Crippen molar-refractivity contribution in [3.63, 3.8) is 0 Å². The monoisotopic (exact) mass is 301 g/mol. The number of hydrogen-bond acceptors (Lipinski definition) is 4. The zero-order valence-corrected chi connectivity index (χ0v) is 11.9. The Morgan fingerprint density at radius 2 is 1.62 bits per heavy atom. The van der Waals surface area contributed by atoms with Crippen LogP contribution in [0.25, 0.3) is 17.2 Å². The molecule has 1 heterocycles. The number of hydrogen-bond donors (Lipinski definition) is 1. The van der Waals surface area contributed by atoms with Gasteiger partial charge in [0, 0.05) is 11.8 Å². The van der Waals surface area contributed by atoms with Crippen LogP contribution in [0.5, 0.6) is 0 Å². The van der Waals surface area contributed by atoms with E-state index in [9.17, 15) is 18.0 Å². The van der Waals surface area contributed by atoms with Crippen molar-refractivity contribution in [2.75, 3.05) is 6.26 Å². The number of fused-ring (bicyclic) bond motifs is 1. The first-order valence-electron chi connectivity index (χ1n) is 6.18. The SMILES string of the molecule is CS(=O)(=O)c1[nH]c2c(c1-c1ccccc1)C(=O)C(=O)C=C2. The summed E-state index contributed by atoms with van der Waals surface area (Å²) in [5, 5.41) is -0.0496. The van der Waals surface area contributed by atoms with Gasteiger partial charge in [0.15, 0.2) is 9.84 Å². The van der Waals surface area contributed by atoms with E-state index in [1.54, 1.807) is 30.3 Å². The Labute approximate surface area is 121 Å². The fourth-order valence-corrected chi connectivity index (χ4v) is 3.26. The highest BCUT2D eigenvalue weighted by molar-refractivity contribution is 7.90. The molecular weight excluding hydrogens is 290 g/mol. The molecule has 0 unspecified atom stereocenters. The second-order valence-electron chi connectivity index (χ2n) is 4.78. The highest BCUT2D eigenvalue weighted by Gasteiger charge is 2.32. The number of ketones is 2. The molecule has 0 bridgehead atoms.